The van der Waals surface area contributed by atoms with Gasteiger partial charge in [-0.3, -0.25) is 0 Å². The van der Waals surface area contributed by atoms with Gasteiger partial charge in [0, 0.05) is 10.8 Å². The molecule has 100 valence electrons. The smallest absolute Gasteiger partial charge is 0.314 e. The Bertz CT molecular complexity index is 329. The average Bonchev–Trinajstić information content (AvgIpc) is 2.67. The number of rotatable bonds is 4. The van der Waals surface area contributed by atoms with Gasteiger partial charge in [-0.1, -0.05) is 22.7 Å². The van der Waals surface area contributed by atoms with Gasteiger partial charge in [-0.05, 0) is 0 Å². The van der Waals surface area contributed by atoms with Crippen molar-refractivity contribution in [1.29, 1.82) is 0 Å². The zero-order valence-electron chi connectivity index (χ0n) is 8.65. The number of nitrogens with zero attached hydrogens (tertiary/aromatic N) is 1. The molecule has 0 fully saturated rings. The molecule has 0 radical (unpaired) electrons. The Balaban J connectivity index is 0.000000437. The fourth-order valence-corrected chi connectivity index (χ4v) is 2.78. The molecule has 0 atom stereocenters. The third-order valence-electron chi connectivity index (χ3n) is 1.39. The summed E-state index contributed by atoms with van der Waals surface area (Å²) in [6, 6.07) is 0. The van der Waals surface area contributed by atoms with Crippen molar-refractivity contribution < 1.29 is 39.1 Å². The van der Waals surface area contributed by atoms with E-state index in [9.17, 15) is 0 Å². The van der Waals surface area contributed by atoms with Gasteiger partial charge in [0.25, 0.3) is 0 Å². The molecule has 17 heavy (non-hydrogen) atoms. The van der Waals surface area contributed by atoms with Gasteiger partial charge < -0.3 is 10.2 Å². The summed E-state index contributed by atoms with van der Waals surface area (Å²) in [4.78, 5) is 0. The van der Waals surface area contributed by atoms with E-state index in [1.807, 2.05) is 15.3 Å². The molecule has 1 rings (SSSR count). The first-order chi connectivity index (χ1) is 7.88. The summed E-state index contributed by atoms with van der Waals surface area (Å²) < 4.78 is 37.1. The van der Waals surface area contributed by atoms with E-state index in [-0.39, 0.29) is 13.2 Å². The fourth-order valence-electron chi connectivity index (χ4n) is 0.885. The van der Waals surface area contributed by atoms with Gasteiger partial charge in [0.2, 0.25) is 0 Å². The molecule has 0 bridgehead atoms. The van der Waals surface area contributed by atoms with E-state index in [1.54, 1.807) is 22.7 Å². The number of halogens is 1. The summed E-state index contributed by atoms with van der Waals surface area (Å²) in [5, 5.41) is 21.5. The van der Waals surface area contributed by atoms with Crippen LogP contribution in [0.5, 0.6) is 0 Å². The van der Waals surface area contributed by atoms with Gasteiger partial charge in [0.15, 0.2) is 13.1 Å². The summed E-state index contributed by atoms with van der Waals surface area (Å²) in [6.45, 7) is 1.45. The van der Waals surface area contributed by atoms with Crippen molar-refractivity contribution in [3.05, 3.63) is 14.7 Å². The third-order valence-corrected chi connectivity index (χ3v) is 3.60. The third kappa shape index (κ3) is 10.8. The van der Waals surface area contributed by atoms with Crippen LogP contribution in [0.2, 0.25) is 0 Å². The minimum atomic E-state index is -4.94. The van der Waals surface area contributed by atoms with Crippen molar-refractivity contribution in [2.75, 3.05) is 26.3 Å². The van der Waals surface area contributed by atoms with Crippen LogP contribution >= 0.6 is 22.7 Å². The second-order valence-corrected chi connectivity index (χ2v) is 5.39. The van der Waals surface area contributed by atoms with E-state index in [4.69, 9.17) is 28.8 Å². The number of aliphatic hydroxyl groups is 2. The highest BCUT2D eigenvalue weighted by Gasteiger charge is 2.04. The van der Waals surface area contributed by atoms with Gasteiger partial charge >= 0.3 is 3.98 Å². The van der Waals surface area contributed by atoms with Gasteiger partial charge in [-0.25, -0.2) is 23.2 Å². The zero-order chi connectivity index (χ0) is 13.3. The van der Waals surface area contributed by atoms with Crippen LogP contribution in [-0.4, -0.2) is 36.5 Å². The summed E-state index contributed by atoms with van der Waals surface area (Å²) >= 11 is 3.27. The second kappa shape index (κ2) is 8.91. The molecule has 0 saturated heterocycles. The zero-order valence-corrected chi connectivity index (χ0v) is 11.0. The molecule has 0 unspecified atom stereocenters. The van der Waals surface area contributed by atoms with Crippen LogP contribution in [-0.2, 0) is 0 Å². The lowest BCUT2D eigenvalue weighted by Gasteiger charge is -2.17. The minimum Gasteiger partial charge on any atom is -0.390 e. The Kier molecular flexibility index (Phi) is 8.86. The fraction of sp³-hybridized carbons (Fsp3) is 0.571. The van der Waals surface area contributed by atoms with Crippen molar-refractivity contribution in [2.45, 2.75) is 0 Å². The maximum Gasteiger partial charge on any atom is 0.314 e. The highest BCUT2D eigenvalue weighted by Crippen LogP contribution is 1.92. The summed E-state index contributed by atoms with van der Waals surface area (Å²) in [7, 11) is -4.94. The predicted molar refractivity (Wildman–Crippen MR) is 51.4 cm³/mol. The van der Waals surface area contributed by atoms with Crippen molar-refractivity contribution >= 4 is 22.7 Å². The molecule has 0 aliphatic rings. The summed E-state index contributed by atoms with van der Waals surface area (Å²) in [6.07, 6.45) is 0. The predicted octanol–water partition coefficient (Wildman–Crippen LogP) is -5.19. The van der Waals surface area contributed by atoms with E-state index in [2.05, 4.69) is 0 Å². The van der Waals surface area contributed by atoms with Crippen molar-refractivity contribution in [1.82, 2.24) is 4.58 Å². The van der Waals surface area contributed by atoms with Gasteiger partial charge in [-0.15, -0.1) is 10.2 Å². The first-order valence-corrected chi connectivity index (χ1v) is 7.31. The lowest BCUT2D eigenvalue weighted by Crippen LogP contribution is -2.68. The van der Waals surface area contributed by atoms with Gasteiger partial charge in [0.05, 0.1) is 0 Å². The Morgan fingerprint density at radius 2 is 1.35 bits per heavy atom. The molecule has 0 aliphatic heterocycles. The van der Waals surface area contributed by atoms with Crippen molar-refractivity contribution in [2.24, 2.45) is 0 Å². The molecular formula is C7H12ClNO6S2. The highest BCUT2D eigenvalue weighted by molar-refractivity contribution is 7.24. The molecule has 0 amide bonds. The molecule has 10 heteroatoms. The van der Waals surface area contributed by atoms with Crippen molar-refractivity contribution in [3.63, 3.8) is 0 Å². The molecule has 0 aliphatic carbocycles. The minimum absolute atomic E-state index is 0.130. The first kappa shape index (κ1) is 16.9. The molecule has 7 nitrogen and oxygen atoms in total. The molecule has 0 saturated carbocycles. The Morgan fingerprint density at radius 1 is 1.00 bits per heavy atom. The van der Waals surface area contributed by atoms with E-state index in [0.717, 1.165) is 3.98 Å². The monoisotopic (exact) mass is 305 g/mol. The van der Waals surface area contributed by atoms with E-state index in [0.29, 0.717) is 13.1 Å². The largest absolute Gasteiger partial charge is 0.390 e. The Morgan fingerprint density at radius 3 is 1.65 bits per heavy atom. The second-order valence-electron chi connectivity index (χ2n) is 2.59. The summed E-state index contributed by atoms with van der Waals surface area (Å²) in [5.41, 5.74) is 0. The molecule has 0 aromatic carbocycles. The van der Waals surface area contributed by atoms with Crippen LogP contribution in [0.25, 0.3) is 0 Å². The molecule has 1 heterocycles. The topological polar surface area (TPSA) is 136 Å². The van der Waals surface area contributed by atoms with Crippen LogP contribution in [0.15, 0.2) is 10.8 Å². The summed E-state index contributed by atoms with van der Waals surface area (Å²) in [5.74, 6) is 0. The first-order valence-electron chi connectivity index (χ1n) is 4.32. The van der Waals surface area contributed by atoms with Crippen molar-refractivity contribution in [3.8, 4) is 0 Å². The van der Waals surface area contributed by atoms with Crippen LogP contribution in [0.1, 0.15) is 0 Å². The van der Waals surface area contributed by atoms with Gasteiger partial charge in [-0.2, -0.15) is 0 Å². The Labute approximate surface area is 108 Å². The maximum atomic E-state index is 8.75. The number of hydrogen-bond donors (Lipinski definition) is 2. The standard InChI is InChI=1S/C7H12NO2S2.ClHO4/c9-3-1-8(2-4-10)7-11-5-6-12-7;2-1(3,4)5/h5-6,9-10H,1-4H2;(H,2,3,4,5)/q+1;/p-1. The average molecular weight is 306 g/mol. The van der Waals surface area contributed by atoms with Gasteiger partial charge in [0.1, 0.15) is 13.2 Å². The van der Waals surface area contributed by atoms with Crippen LogP contribution in [0.4, 0.5) is 0 Å². The molecule has 1 aromatic rings. The molecule has 0 spiro atoms. The van der Waals surface area contributed by atoms with E-state index >= 15 is 0 Å². The number of aliphatic hydroxyl groups excluding tert-OH is 2. The van der Waals surface area contributed by atoms with Crippen LogP contribution < -0.4 is 27.2 Å². The maximum absolute atomic E-state index is 8.75. The SMILES string of the molecule is OCC[N+](CCO)=c1sccs1.[O-][Cl+3]([O-])([O-])[O-]. The molecule has 1 aromatic heterocycles. The number of hydrogen-bond acceptors (Lipinski definition) is 8. The van der Waals surface area contributed by atoms with Crippen LogP contribution in [0, 0.1) is 10.2 Å². The lowest BCUT2D eigenvalue weighted by atomic mass is 10.6. The quantitative estimate of drug-likeness (QED) is 0.534. The normalized spacial score (nSPS) is 10.7. The van der Waals surface area contributed by atoms with Crippen LogP contribution in [0.3, 0.4) is 0 Å². The Hall–Kier alpha value is -0.100. The molecule has 2 N–H and O–H groups in total. The van der Waals surface area contributed by atoms with E-state index < -0.39 is 10.2 Å². The highest BCUT2D eigenvalue weighted by atomic mass is 35.7. The molecular weight excluding hydrogens is 294 g/mol. The lowest BCUT2D eigenvalue weighted by molar-refractivity contribution is -2.00. The van der Waals surface area contributed by atoms with E-state index in [1.165, 1.54) is 0 Å².